The van der Waals surface area contributed by atoms with Gasteiger partial charge in [-0.25, -0.2) is 9.98 Å². The number of pyridine rings is 1. The van der Waals surface area contributed by atoms with Gasteiger partial charge in [-0.15, -0.1) is 0 Å². The smallest absolute Gasteiger partial charge is 0.267 e. The van der Waals surface area contributed by atoms with Crippen molar-refractivity contribution in [3.05, 3.63) is 112 Å². The molecular formula is C31H26N8O2. The fraction of sp³-hybridized carbons (Fsp3) is 0.161. The number of fused-ring (bicyclic) bond motifs is 2. The Balaban J connectivity index is 1.44. The zero-order chi connectivity index (χ0) is 28.5. The van der Waals surface area contributed by atoms with Gasteiger partial charge in [0.15, 0.2) is 0 Å². The minimum absolute atomic E-state index is 0.120. The molecule has 2 aliphatic heterocycles. The second-order valence-electron chi connectivity index (χ2n) is 9.78. The van der Waals surface area contributed by atoms with E-state index in [1.165, 1.54) is 4.40 Å². The SMILES string of the molecule is CC(NC(=O)C1=C(N)N=CC2C=CC=NC12)c1nc2cccc(C#Cc3cnn(C)c3)n2c(=O)c1-c1ccccc1. The molecule has 0 radical (unpaired) electrons. The van der Waals surface area contributed by atoms with Crippen LogP contribution >= 0.6 is 0 Å². The lowest BCUT2D eigenvalue weighted by Gasteiger charge is -2.27. The third kappa shape index (κ3) is 4.85. The first-order valence-corrected chi connectivity index (χ1v) is 13.1. The van der Waals surface area contributed by atoms with Crippen molar-refractivity contribution in [3.63, 3.8) is 0 Å². The first kappa shape index (κ1) is 25.7. The molecule has 3 aromatic heterocycles. The summed E-state index contributed by atoms with van der Waals surface area (Å²) in [5.74, 6) is 5.71. The summed E-state index contributed by atoms with van der Waals surface area (Å²) in [6, 6.07) is 13.5. The number of aryl methyl sites for hydroxylation is 1. The number of dihydropyridines is 1. The number of carbonyl (C=O) groups is 1. The molecule has 6 rings (SSSR count). The van der Waals surface area contributed by atoms with Crippen LogP contribution in [0.2, 0.25) is 0 Å². The van der Waals surface area contributed by atoms with Crippen molar-refractivity contribution in [1.29, 1.82) is 0 Å². The Morgan fingerprint density at radius 1 is 1.12 bits per heavy atom. The molecule has 4 aromatic rings. The standard InChI is InChI=1S/C31H26N8O2/c1-19(36-30(40)26-28-22(10-7-15-33-28)17-34-29(26)32)27-25(21-8-4-3-5-9-21)31(41)39-23(11-6-12-24(39)37-27)14-13-20-16-35-38(2)18-20/h3-12,15-19,22,28H,32H2,1-2H3,(H,36,40). The molecule has 0 saturated carbocycles. The highest BCUT2D eigenvalue weighted by Crippen LogP contribution is 2.28. The number of amides is 1. The van der Waals surface area contributed by atoms with Crippen LogP contribution in [-0.2, 0) is 11.8 Å². The summed E-state index contributed by atoms with van der Waals surface area (Å²) in [4.78, 5) is 41.3. The fourth-order valence-electron chi connectivity index (χ4n) is 5.01. The number of nitrogens with zero attached hydrogens (tertiary/aromatic N) is 6. The summed E-state index contributed by atoms with van der Waals surface area (Å²) in [7, 11) is 1.81. The van der Waals surface area contributed by atoms with Crippen molar-refractivity contribution < 1.29 is 4.79 Å². The minimum Gasteiger partial charge on any atom is -0.383 e. The van der Waals surface area contributed by atoms with Gasteiger partial charge in [-0.3, -0.25) is 23.7 Å². The predicted molar refractivity (Wildman–Crippen MR) is 157 cm³/mol. The van der Waals surface area contributed by atoms with Crippen molar-refractivity contribution >= 4 is 24.0 Å². The molecule has 10 nitrogen and oxygen atoms in total. The van der Waals surface area contributed by atoms with E-state index in [9.17, 15) is 9.59 Å². The van der Waals surface area contributed by atoms with E-state index in [1.807, 2.05) is 49.5 Å². The van der Waals surface area contributed by atoms with Crippen LogP contribution in [0.4, 0.5) is 0 Å². The second kappa shape index (κ2) is 10.5. The van der Waals surface area contributed by atoms with E-state index in [-0.39, 0.29) is 22.9 Å². The van der Waals surface area contributed by atoms with Gasteiger partial charge in [0.05, 0.1) is 40.7 Å². The number of rotatable bonds is 4. The molecule has 41 heavy (non-hydrogen) atoms. The highest BCUT2D eigenvalue weighted by atomic mass is 16.2. The molecule has 2 aliphatic rings. The number of aliphatic imine (C=N–C) groups is 2. The normalized spacial score (nSPS) is 18.1. The van der Waals surface area contributed by atoms with Crippen molar-refractivity contribution in [2.75, 3.05) is 0 Å². The number of hydrogen-bond donors (Lipinski definition) is 2. The number of carbonyl (C=O) groups excluding carboxylic acids is 1. The van der Waals surface area contributed by atoms with Crippen LogP contribution in [0, 0.1) is 17.8 Å². The van der Waals surface area contributed by atoms with Crippen LogP contribution in [-0.4, -0.2) is 43.5 Å². The van der Waals surface area contributed by atoms with E-state index in [2.05, 4.69) is 32.2 Å². The Morgan fingerprint density at radius 2 is 1.95 bits per heavy atom. The molecule has 202 valence electrons. The molecule has 1 aromatic carbocycles. The largest absolute Gasteiger partial charge is 0.383 e. The van der Waals surface area contributed by atoms with Crippen LogP contribution < -0.4 is 16.6 Å². The van der Waals surface area contributed by atoms with Gasteiger partial charge in [0.25, 0.3) is 11.5 Å². The number of nitrogens with two attached hydrogens (primary N) is 1. The molecule has 0 saturated heterocycles. The molecule has 0 fully saturated rings. The summed E-state index contributed by atoms with van der Waals surface area (Å²) in [6.45, 7) is 1.79. The molecule has 0 aliphatic carbocycles. The highest BCUT2D eigenvalue weighted by Gasteiger charge is 2.33. The van der Waals surface area contributed by atoms with Gasteiger partial charge in [0.1, 0.15) is 17.2 Å². The lowest BCUT2D eigenvalue weighted by molar-refractivity contribution is -0.118. The Kier molecular flexibility index (Phi) is 6.61. The number of allylic oxidation sites excluding steroid dienone is 1. The van der Waals surface area contributed by atoms with E-state index in [0.717, 1.165) is 5.56 Å². The van der Waals surface area contributed by atoms with Crippen molar-refractivity contribution in [2.24, 2.45) is 28.7 Å². The van der Waals surface area contributed by atoms with Crippen LogP contribution in [0.1, 0.15) is 29.9 Å². The quantitative estimate of drug-likeness (QED) is 0.383. The monoisotopic (exact) mass is 542 g/mol. The van der Waals surface area contributed by atoms with Crippen LogP contribution in [0.25, 0.3) is 16.8 Å². The maximum absolute atomic E-state index is 14.2. The average molecular weight is 543 g/mol. The Labute approximate surface area is 235 Å². The van der Waals surface area contributed by atoms with Gasteiger partial charge >= 0.3 is 0 Å². The Morgan fingerprint density at radius 3 is 2.73 bits per heavy atom. The topological polar surface area (TPSA) is 132 Å². The van der Waals surface area contributed by atoms with Gasteiger partial charge in [-0.2, -0.15) is 5.10 Å². The van der Waals surface area contributed by atoms with Gasteiger partial charge < -0.3 is 11.1 Å². The number of hydrogen-bond acceptors (Lipinski definition) is 7. The molecule has 0 bridgehead atoms. The third-order valence-corrected chi connectivity index (χ3v) is 6.97. The van der Waals surface area contributed by atoms with Gasteiger partial charge in [-0.05, 0) is 36.6 Å². The predicted octanol–water partition coefficient (Wildman–Crippen LogP) is 2.55. The van der Waals surface area contributed by atoms with E-state index in [4.69, 9.17) is 10.7 Å². The molecule has 10 heteroatoms. The molecule has 5 heterocycles. The first-order valence-electron chi connectivity index (χ1n) is 13.1. The molecule has 3 atom stereocenters. The Bertz CT molecular complexity index is 1920. The summed E-state index contributed by atoms with van der Waals surface area (Å²) in [6.07, 6.45) is 10.6. The van der Waals surface area contributed by atoms with E-state index >= 15 is 0 Å². The van der Waals surface area contributed by atoms with E-state index < -0.39 is 18.0 Å². The molecule has 1 amide bonds. The zero-order valence-electron chi connectivity index (χ0n) is 22.4. The summed E-state index contributed by atoms with van der Waals surface area (Å²) >= 11 is 0. The third-order valence-electron chi connectivity index (χ3n) is 6.97. The summed E-state index contributed by atoms with van der Waals surface area (Å²) in [5.41, 5.74) is 9.22. The minimum atomic E-state index is -0.645. The maximum atomic E-state index is 14.2. The Hall–Kier alpha value is -5.56. The van der Waals surface area contributed by atoms with Crippen LogP contribution in [0.5, 0.6) is 0 Å². The van der Waals surface area contributed by atoms with Crippen molar-refractivity contribution in [2.45, 2.75) is 19.0 Å². The van der Waals surface area contributed by atoms with Gasteiger partial charge in [0, 0.05) is 31.6 Å². The number of benzene rings is 1. The highest BCUT2D eigenvalue weighted by molar-refractivity contribution is 5.98. The average Bonchev–Trinajstić information content (AvgIpc) is 3.40. The van der Waals surface area contributed by atoms with Gasteiger partial charge in [0.2, 0.25) is 0 Å². The first-order chi connectivity index (χ1) is 19.9. The van der Waals surface area contributed by atoms with E-state index in [0.29, 0.717) is 28.2 Å². The maximum Gasteiger partial charge on any atom is 0.267 e. The summed E-state index contributed by atoms with van der Waals surface area (Å²) in [5, 5.41) is 7.15. The fourth-order valence-corrected chi connectivity index (χ4v) is 5.01. The van der Waals surface area contributed by atoms with Crippen molar-refractivity contribution in [1.82, 2.24) is 24.5 Å². The molecule has 0 spiro atoms. The lowest BCUT2D eigenvalue weighted by Crippen LogP contribution is -2.39. The van der Waals surface area contributed by atoms with Crippen LogP contribution in [0.15, 0.2) is 99.3 Å². The second-order valence-corrected chi connectivity index (χ2v) is 9.78. The summed E-state index contributed by atoms with van der Waals surface area (Å²) < 4.78 is 3.16. The van der Waals surface area contributed by atoms with Gasteiger partial charge in [-0.1, -0.05) is 48.4 Å². The number of aromatic nitrogens is 4. The number of nitrogens with one attached hydrogen (secondary N) is 1. The van der Waals surface area contributed by atoms with Crippen molar-refractivity contribution in [3.8, 4) is 23.0 Å². The van der Waals surface area contributed by atoms with E-state index in [1.54, 1.807) is 54.6 Å². The molecule has 3 unspecified atom stereocenters. The zero-order valence-corrected chi connectivity index (χ0v) is 22.4. The molecule has 3 N–H and O–H groups in total. The van der Waals surface area contributed by atoms with Crippen LogP contribution in [0.3, 0.4) is 0 Å². The lowest BCUT2D eigenvalue weighted by atomic mass is 9.89. The molecular weight excluding hydrogens is 516 g/mol.